The molecule has 0 aliphatic heterocycles. The summed E-state index contributed by atoms with van der Waals surface area (Å²) in [4.78, 5) is 11.9. The van der Waals surface area contributed by atoms with E-state index in [1.54, 1.807) is 0 Å². The minimum atomic E-state index is -3.51. The highest BCUT2D eigenvalue weighted by molar-refractivity contribution is 7.89. The Hall–Kier alpha value is -1.35. The average Bonchev–Trinajstić information content (AvgIpc) is 2.21. The van der Waals surface area contributed by atoms with Crippen LogP contribution in [-0.4, -0.2) is 37.7 Å². The first-order valence-corrected chi connectivity index (χ1v) is 7.30. The summed E-state index contributed by atoms with van der Waals surface area (Å²) in [6.07, 6.45) is 2.13. The molecule has 1 fully saturated rings. The van der Waals surface area contributed by atoms with E-state index in [0.717, 1.165) is 6.42 Å². The maximum atomic E-state index is 11.9. The number of sulfonamides is 1. The van der Waals surface area contributed by atoms with E-state index in [1.165, 1.54) is 0 Å². The molecule has 1 rings (SSSR count). The molecular formula is C9H18N4O4S. The Balaban J connectivity index is 2.45. The molecule has 0 unspecified atom stereocenters. The van der Waals surface area contributed by atoms with E-state index >= 15 is 0 Å². The molecule has 1 saturated carbocycles. The summed E-state index contributed by atoms with van der Waals surface area (Å²) in [5, 5.41) is 19.0. The highest BCUT2D eigenvalue weighted by Gasteiger charge is 2.48. The number of carbonyl (C=O) groups excluding carboxylic acids is 1. The monoisotopic (exact) mass is 278 g/mol. The summed E-state index contributed by atoms with van der Waals surface area (Å²) in [6, 6.07) is 0. The van der Waals surface area contributed by atoms with Crippen molar-refractivity contribution in [3.05, 3.63) is 0 Å². The quantitative estimate of drug-likeness (QED) is 0.157. The predicted molar refractivity (Wildman–Crippen MR) is 65.3 cm³/mol. The van der Waals surface area contributed by atoms with Crippen molar-refractivity contribution in [2.45, 2.75) is 25.7 Å². The molecule has 0 aromatic heterocycles. The molecule has 18 heavy (non-hydrogen) atoms. The molecule has 0 heterocycles. The van der Waals surface area contributed by atoms with Gasteiger partial charge in [0.15, 0.2) is 5.84 Å². The molecule has 1 amide bonds. The Morgan fingerprint density at radius 2 is 2.06 bits per heavy atom. The first-order chi connectivity index (χ1) is 8.32. The highest BCUT2D eigenvalue weighted by atomic mass is 32.2. The Kier molecular flexibility index (Phi) is 4.52. The molecule has 9 heteroatoms. The smallest absolute Gasteiger partial charge is 0.233 e. The molecule has 104 valence electrons. The third-order valence-electron chi connectivity index (χ3n) is 3.13. The lowest BCUT2D eigenvalue weighted by molar-refractivity contribution is -0.131. The number of oxime groups is 1. The lowest BCUT2D eigenvalue weighted by Crippen LogP contribution is -2.54. The van der Waals surface area contributed by atoms with E-state index in [2.05, 4.69) is 10.5 Å². The van der Waals surface area contributed by atoms with Crippen molar-refractivity contribution in [1.82, 2.24) is 5.32 Å². The number of primary sulfonamides is 1. The molecule has 8 nitrogen and oxygen atoms in total. The van der Waals surface area contributed by atoms with Gasteiger partial charge in [0.2, 0.25) is 15.9 Å². The third-order valence-corrected chi connectivity index (χ3v) is 3.99. The molecule has 6 N–H and O–H groups in total. The van der Waals surface area contributed by atoms with E-state index in [-0.39, 0.29) is 30.5 Å². The molecular weight excluding hydrogens is 260 g/mol. The number of rotatable bonds is 6. The second-order valence-electron chi connectivity index (χ2n) is 4.40. The van der Waals surface area contributed by atoms with Gasteiger partial charge in [-0.3, -0.25) is 4.79 Å². The largest absolute Gasteiger partial charge is 0.409 e. The van der Waals surface area contributed by atoms with Gasteiger partial charge < -0.3 is 16.3 Å². The molecule has 0 bridgehead atoms. The zero-order chi connectivity index (χ0) is 13.8. The van der Waals surface area contributed by atoms with Gasteiger partial charge in [-0.1, -0.05) is 11.6 Å². The molecule has 0 aromatic rings. The number of amides is 1. The lowest BCUT2D eigenvalue weighted by atomic mass is 9.67. The van der Waals surface area contributed by atoms with Crippen LogP contribution in [0.2, 0.25) is 0 Å². The van der Waals surface area contributed by atoms with Crippen LogP contribution in [0.3, 0.4) is 0 Å². The topological polar surface area (TPSA) is 148 Å². The third kappa shape index (κ3) is 3.33. The standard InChI is InChI=1S/C9H18N4O4S/c10-7(13-15)9(3-1-4-9)8(14)12-5-2-6-18(11,16)17/h15H,1-6H2,(H2,10,13)(H,12,14)(H2,11,16,17). The molecule has 0 radical (unpaired) electrons. The predicted octanol–water partition coefficient (Wildman–Crippen LogP) is -1.30. The fourth-order valence-electron chi connectivity index (χ4n) is 1.87. The molecule has 0 saturated heterocycles. The van der Waals surface area contributed by atoms with Crippen LogP contribution in [0.1, 0.15) is 25.7 Å². The summed E-state index contributed by atoms with van der Waals surface area (Å²) in [6.45, 7) is 0.190. The lowest BCUT2D eigenvalue weighted by Gasteiger charge is -2.38. The van der Waals surface area contributed by atoms with E-state index in [0.29, 0.717) is 12.8 Å². The highest BCUT2D eigenvalue weighted by Crippen LogP contribution is 2.41. The van der Waals surface area contributed by atoms with Crippen LogP contribution in [0, 0.1) is 5.41 Å². The van der Waals surface area contributed by atoms with Gasteiger partial charge in [0, 0.05) is 6.54 Å². The molecule has 0 atom stereocenters. The zero-order valence-electron chi connectivity index (χ0n) is 9.92. The van der Waals surface area contributed by atoms with E-state index < -0.39 is 15.4 Å². The van der Waals surface area contributed by atoms with Crippen molar-refractivity contribution >= 4 is 21.8 Å². The first-order valence-electron chi connectivity index (χ1n) is 5.58. The Morgan fingerprint density at radius 1 is 1.44 bits per heavy atom. The molecule has 0 spiro atoms. The second-order valence-corrected chi connectivity index (χ2v) is 6.13. The van der Waals surface area contributed by atoms with Gasteiger partial charge >= 0.3 is 0 Å². The molecule has 0 aromatic carbocycles. The minimum absolute atomic E-state index is 0.0994. The number of amidine groups is 1. The number of hydrogen-bond donors (Lipinski definition) is 4. The second kappa shape index (κ2) is 5.53. The van der Waals surface area contributed by atoms with Crippen molar-refractivity contribution in [2.75, 3.05) is 12.3 Å². The van der Waals surface area contributed by atoms with Crippen LogP contribution in [-0.2, 0) is 14.8 Å². The van der Waals surface area contributed by atoms with Gasteiger partial charge in [-0.25, -0.2) is 13.6 Å². The van der Waals surface area contributed by atoms with Gasteiger partial charge in [0.1, 0.15) is 5.41 Å². The van der Waals surface area contributed by atoms with Gasteiger partial charge in [0.25, 0.3) is 0 Å². The zero-order valence-corrected chi connectivity index (χ0v) is 10.7. The van der Waals surface area contributed by atoms with Crippen molar-refractivity contribution in [1.29, 1.82) is 0 Å². The van der Waals surface area contributed by atoms with Crippen molar-refractivity contribution in [3.8, 4) is 0 Å². The van der Waals surface area contributed by atoms with Crippen LogP contribution >= 0.6 is 0 Å². The van der Waals surface area contributed by atoms with Gasteiger partial charge in [-0.2, -0.15) is 0 Å². The number of nitrogens with two attached hydrogens (primary N) is 2. The van der Waals surface area contributed by atoms with Crippen molar-refractivity contribution in [3.63, 3.8) is 0 Å². The number of nitrogens with zero attached hydrogens (tertiary/aromatic N) is 1. The Labute approximate surface area is 105 Å². The van der Waals surface area contributed by atoms with Crippen LogP contribution < -0.4 is 16.2 Å². The number of carbonyl (C=O) groups is 1. The van der Waals surface area contributed by atoms with Crippen molar-refractivity contribution < 1.29 is 18.4 Å². The Bertz CT molecular complexity index is 441. The van der Waals surface area contributed by atoms with Gasteiger partial charge in [0.05, 0.1) is 5.75 Å². The summed E-state index contributed by atoms with van der Waals surface area (Å²) in [7, 11) is -3.51. The van der Waals surface area contributed by atoms with E-state index in [9.17, 15) is 13.2 Å². The SMILES string of the molecule is NC(=NO)C1(C(=O)NCCCS(N)(=O)=O)CCC1. The summed E-state index contributed by atoms with van der Waals surface area (Å²) < 4.78 is 21.4. The van der Waals surface area contributed by atoms with E-state index in [1.807, 2.05) is 0 Å². The summed E-state index contributed by atoms with van der Waals surface area (Å²) in [5.74, 6) is -0.625. The fraction of sp³-hybridized carbons (Fsp3) is 0.778. The van der Waals surface area contributed by atoms with Crippen LogP contribution in [0.4, 0.5) is 0 Å². The maximum absolute atomic E-state index is 11.9. The first kappa shape index (κ1) is 14.7. The van der Waals surface area contributed by atoms with Crippen LogP contribution in [0.15, 0.2) is 5.16 Å². The minimum Gasteiger partial charge on any atom is -0.409 e. The van der Waals surface area contributed by atoms with Crippen molar-refractivity contribution in [2.24, 2.45) is 21.4 Å². The van der Waals surface area contributed by atoms with E-state index in [4.69, 9.17) is 16.1 Å². The van der Waals surface area contributed by atoms with Gasteiger partial charge in [-0.05, 0) is 19.3 Å². The van der Waals surface area contributed by atoms with Gasteiger partial charge in [-0.15, -0.1) is 0 Å². The summed E-state index contributed by atoms with van der Waals surface area (Å²) >= 11 is 0. The normalized spacial score (nSPS) is 19.1. The Morgan fingerprint density at radius 3 is 2.44 bits per heavy atom. The summed E-state index contributed by atoms with van der Waals surface area (Å²) in [5.41, 5.74) is 4.58. The van der Waals surface area contributed by atoms with Crippen LogP contribution in [0.25, 0.3) is 0 Å². The number of nitrogens with one attached hydrogen (secondary N) is 1. The fourth-order valence-corrected chi connectivity index (χ4v) is 2.42. The molecule has 1 aliphatic carbocycles. The number of hydrogen-bond acceptors (Lipinski definition) is 5. The average molecular weight is 278 g/mol. The maximum Gasteiger partial charge on any atom is 0.233 e. The van der Waals surface area contributed by atoms with Crippen LogP contribution in [0.5, 0.6) is 0 Å². The molecule has 1 aliphatic rings.